The van der Waals surface area contributed by atoms with Crippen molar-refractivity contribution in [3.8, 4) is 6.07 Å². The van der Waals surface area contributed by atoms with Crippen LogP contribution in [0.25, 0.3) is 0 Å². The summed E-state index contributed by atoms with van der Waals surface area (Å²) in [5.74, 6) is -0.147. The summed E-state index contributed by atoms with van der Waals surface area (Å²) in [6, 6.07) is 2.13. The first-order chi connectivity index (χ1) is 7.74. The van der Waals surface area contributed by atoms with Gasteiger partial charge >= 0.3 is 0 Å². The first kappa shape index (κ1) is 17.3. The second-order valence-corrected chi connectivity index (χ2v) is 2.95. The van der Waals surface area contributed by atoms with Gasteiger partial charge in [-0.25, -0.2) is 0 Å². The molecule has 0 aromatic heterocycles. The Morgan fingerprint density at radius 3 is 2.25 bits per heavy atom. The molecule has 1 aliphatic rings. The first-order valence-corrected chi connectivity index (χ1v) is 6.10. The van der Waals surface area contributed by atoms with Gasteiger partial charge in [0, 0.05) is 6.04 Å². The van der Waals surface area contributed by atoms with Crippen molar-refractivity contribution in [1.29, 1.82) is 5.26 Å². The summed E-state index contributed by atoms with van der Waals surface area (Å²) in [4.78, 5) is 10.8. The summed E-state index contributed by atoms with van der Waals surface area (Å²) >= 11 is 0. The fraction of sp³-hybridized carbons (Fsp3) is 0.692. The fourth-order valence-electron chi connectivity index (χ4n) is 1.29. The van der Waals surface area contributed by atoms with Crippen molar-refractivity contribution in [2.75, 3.05) is 6.54 Å². The number of carbonyl (C=O) groups excluding carboxylic acids is 1. The lowest BCUT2D eigenvalue weighted by Gasteiger charge is -2.02. The number of carbonyl (C=O) groups is 1. The van der Waals surface area contributed by atoms with Gasteiger partial charge in [0.1, 0.15) is 6.07 Å². The van der Waals surface area contributed by atoms with Crippen molar-refractivity contribution in [3.05, 3.63) is 11.6 Å². The van der Waals surface area contributed by atoms with Crippen molar-refractivity contribution < 1.29 is 4.79 Å². The molecule has 92 valence electrons. The van der Waals surface area contributed by atoms with Crippen LogP contribution < -0.4 is 5.32 Å². The summed E-state index contributed by atoms with van der Waals surface area (Å²) in [7, 11) is 0. The van der Waals surface area contributed by atoms with E-state index >= 15 is 0 Å². The molecule has 16 heavy (non-hydrogen) atoms. The van der Waals surface area contributed by atoms with Gasteiger partial charge in [0.25, 0.3) is 0 Å². The van der Waals surface area contributed by atoms with Crippen LogP contribution in [0.5, 0.6) is 0 Å². The summed E-state index contributed by atoms with van der Waals surface area (Å²) in [5, 5.41) is 11.8. The van der Waals surface area contributed by atoms with Gasteiger partial charge in [-0.15, -0.1) is 0 Å². The number of rotatable bonds is 2. The Morgan fingerprint density at radius 2 is 1.94 bits per heavy atom. The lowest BCUT2D eigenvalue weighted by atomic mass is 10.1. The van der Waals surface area contributed by atoms with E-state index < -0.39 is 0 Å². The van der Waals surface area contributed by atoms with Gasteiger partial charge < -0.3 is 5.32 Å². The number of allylic oxidation sites excluding steroid dienone is 1. The molecule has 1 unspecified atom stereocenters. The van der Waals surface area contributed by atoms with Crippen molar-refractivity contribution in [3.63, 3.8) is 0 Å². The van der Waals surface area contributed by atoms with E-state index in [2.05, 4.69) is 5.32 Å². The van der Waals surface area contributed by atoms with Crippen LogP contribution in [0.2, 0.25) is 0 Å². The fourth-order valence-corrected chi connectivity index (χ4v) is 1.29. The second-order valence-electron chi connectivity index (χ2n) is 2.95. The highest BCUT2D eigenvalue weighted by Gasteiger charge is 2.13. The highest BCUT2D eigenvalue weighted by Crippen LogP contribution is 2.08. The second kappa shape index (κ2) is 11.9. The van der Waals surface area contributed by atoms with Gasteiger partial charge in [0.2, 0.25) is 0 Å². The predicted molar refractivity (Wildman–Crippen MR) is 68.1 cm³/mol. The topological polar surface area (TPSA) is 52.9 Å². The van der Waals surface area contributed by atoms with Gasteiger partial charge in [0.15, 0.2) is 5.78 Å². The maximum absolute atomic E-state index is 10.8. The third-order valence-corrected chi connectivity index (χ3v) is 1.97. The smallest absolute Gasteiger partial charge is 0.170 e. The average molecular weight is 224 g/mol. The highest BCUT2D eigenvalue weighted by molar-refractivity contribution is 5.97. The zero-order valence-electron chi connectivity index (χ0n) is 11.1. The van der Waals surface area contributed by atoms with Crippen LogP contribution >= 0.6 is 0 Å². The van der Waals surface area contributed by atoms with E-state index in [9.17, 15) is 4.79 Å². The van der Waals surface area contributed by atoms with E-state index in [1.165, 1.54) is 6.92 Å². The summed E-state index contributed by atoms with van der Waals surface area (Å²) in [6.07, 6.45) is 3.88. The van der Waals surface area contributed by atoms with Crippen molar-refractivity contribution in [2.45, 2.75) is 53.5 Å². The largest absolute Gasteiger partial charge is 0.310 e. The van der Waals surface area contributed by atoms with Crippen molar-refractivity contribution in [2.24, 2.45) is 0 Å². The number of ketones is 1. The summed E-state index contributed by atoms with van der Waals surface area (Å²) in [5.41, 5.74) is 0.273. The molecule has 0 aromatic carbocycles. The molecule has 0 saturated carbocycles. The van der Waals surface area contributed by atoms with Crippen LogP contribution in [0.3, 0.4) is 0 Å². The van der Waals surface area contributed by atoms with Gasteiger partial charge in [-0.1, -0.05) is 27.7 Å². The highest BCUT2D eigenvalue weighted by atomic mass is 16.1. The van der Waals surface area contributed by atoms with Crippen molar-refractivity contribution in [1.82, 2.24) is 5.32 Å². The van der Waals surface area contributed by atoms with E-state index in [1.54, 1.807) is 6.08 Å². The van der Waals surface area contributed by atoms with Gasteiger partial charge in [-0.05, 0) is 32.4 Å². The molecule has 3 nitrogen and oxygen atoms in total. The predicted octanol–water partition coefficient (Wildman–Crippen LogP) is 2.83. The number of hydrogen-bond acceptors (Lipinski definition) is 3. The minimum Gasteiger partial charge on any atom is -0.310 e. The summed E-state index contributed by atoms with van der Waals surface area (Å²) < 4.78 is 0. The van der Waals surface area contributed by atoms with E-state index in [0.717, 1.165) is 19.4 Å². The number of nitrogens with one attached hydrogen (secondary N) is 1. The van der Waals surface area contributed by atoms with Gasteiger partial charge in [0.05, 0.1) is 5.57 Å². The Kier molecular flexibility index (Phi) is 12.9. The standard InChI is InChI=1S/C9H12N2O.2C2H6/c1-7(12)8(6-10)5-9-3-2-4-11-9;2*1-2/h5,9,11H,2-4H2,1H3;2*1-2H3/b8-5+;;. The van der Waals surface area contributed by atoms with Crippen LogP contribution in [0.4, 0.5) is 0 Å². The normalized spacial score (nSPS) is 18.5. The molecule has 0 bridgehead atoms. The Bertz CT molecular complexity index is 245. The Morgan fingerprint density at radius 1 is 1.38 bits per heavy atom. The van der Waals surface area contributed by atoms with Crippen LogP contribution in [0.1, 0.15) is 47.5 Å². The minimum absolute atomic E-state index is 0.147. The summed E-state index contributed by atoms with van der Waals surface area (Å²) in [6.45, 7) is 10.4. The molecule has 1 atom stereocenters. The molecule has 3 heteroatoms. The third-order valence-electron chi connectivity index (χ3n) is 1.97. The third kappa shape index (κ3) is 7.19. The van der Waals surface area contributed by atoms with Crippen molar-refractivity contribution >= 4 is 5.78 Å². The van der Waals surface area contributed by atoms with E-state index in [0.29, 0.717) is 0 Å². The number of nitrogens with zero attached hydrogens (tertiary/aromatic N) is 1. The van der Waals surface area contributed by atoms with Crippen LogP contribution in [0.15, 0.2) is 11.6 Å². The Hall–Kier alpha value is -1.14. The minimum atomic E-state index is -0.147. The first-order valence-electron chi connectivity index (χ1n) is 6.10. The van der Waals surface area contributed by atoms with E-state index in [1.807, 2.05) is 33.8 Å². The number of hydrogen-bond donors (Lipinski definition) is 1. The number of Topliss-reactive ketones (excluding diaryl/α,β-unsaturated/α-hetero) is 1. The quantitative estimate of drug-likeness (QED) is 0.579. The maximum atomic E-state index is 10.8. The molecule has 0 amide bonds. The van der Waals surface area contributed by atoms with Crippen LogP contribution in [-0.2, 0) is 4.79 Å². The Labute approximate surface area is 99.5 Å². The number of nitriles is 1. The molecule has 0 aliphatic carbocycles. The molecule has 1 fully saturated rings. The zero-order valence-corrected chi connectivity index (χ0v) is 11.1. The molecular formula is C13H24N2O. The molecular weight excluding hydrogens is 200 g/mol. The van der Waals surface area contributed by atoms with Gasteiger partial charge in [-0.3, -0.25) is 4.79 Å². The van der Waals surface area contributed by atoms with E-state index in [-0.39, 0.29) is 17.4 Å². The SMILES string of the molecule is CC.CC.CC(=O)/C(C#N)=C/C1CCCN1. The lowest BCUT2D eigenvalue weighted by Crippen LogP contribution is -2.19. The molecule has 1 N–H and O–H groups in total. The molecule has 0 radical (unpaired) electrons. The van der Waals surface area contributed by atoms with Gasteiger partial charge in [-0.2, -0.15) is 5.26 Å². The molecule has 1 saturated heterocycles. The monoisotopic (exact) mass is 224 g/mol. The Balaban J connectivity index is 0. The molecule has 0 aromatic rings. The molecule has 1 rings (SSSR count). The lowest BCUT2D eigenvalue weighted by molar-refractivity contribution is -0.113. The zero-order chi connectivity index (χ0) is 13.0. The van der Waals surface area contributed by atoms with E-state index in [4.69, 9.17) is 5.26 Å². The molecule has 0 spiro atoms. The van der Waals surface area contributed by atoms with Crippen LogP contribution in [-0.4, -0.2) is 18.4 Å². The molecule has 1 aliphatic heterocycles. The van der Waals surface area contributed by atoms with Crippen LogP contribution in [0, 0.1) is 11.3 Å². The average Bonchev–Trinajstić information content (AvgIpc) is 2.83. The maximum Gasteiger partial charge on any atom is 0.170 e. The molecule has 1 heterocycles.